The topological polar surface area (TPSA) is 66.4 Å². The lowest BCUT2D eigenvalue weighted by molar-refractivity contribution is -0.0660. The molecule has 1 aromatic carbocycles. The summed E-state index contributed by atoms with van der Waals surface area (Å²) in [6, 6.07) is 8.92. The summed E-state index contributed by atoms with van der Waals surface area (Å²) in [4.78, 5) is 17.1. The van der Waals surface area contributed by atoms with Crippen LogP contribution in [0.4, 0.5) is 17.3 Å². The standard InChI is InChI=1S/C16H20N6O/c1-2-4-15(14(3-1)20-16-18-11-17-12-19-16)22-7-5-21(6-8-22)13-9-23-10-13/h1-4,11-13H,5-10H2,(H,17,18,19,20). The fourth-order valence-corrected chi connectivity index (χ4v) is 3.04. The number of piperazine rings is 1. The first kappa shape index (κ1) is 14.3. The van der Waals surface area contributed by atoms with Crippen LogP contribution in [0.15, 0.2) is 36.9 Å². The number of hydrogen-bond donors (Lipinski definition) is 1. The first-order valence-electron chi connectivity index (χ1n) is 7.95. The molecule has 1 N–H and O–H groups in total. The minimum absolute atomic E-state index is 0.567. The van der Waals surface area contributed by atoms with Crippen LogP contribution < -0.4 is 10.2 Å². The van der Waals surface area contributed by atoms with Gasteiger partial charge in [0.2, 0.25) is 5.95 Å². The minimum Gasteiger partial charge on any atom is -0.378 e. The highest BCUT2D eigenvalue weighted by atomic mass is 16.5. The lowest BCUT2D eigenvalue weighted by Gasteiger charge is -2.43. The predicted octanol–water partition coefficient (Wildman–Crippen LogP) is 1.14. The van der Waals surface area contributed by atoms with Gasteiger partial charge in [0.25, 0.3) is 0 Å². The molecule has 0 amide bonds. The van der Waals surface area contributed by atoms with Gasteiger partial charge in [-0.1, -0.05) is 12.1 Å². The maximum absolute atomic E-state index is 5.30. The van der Waals surface area contributed by atoms with Gasteiger partial charge in [0.05, 0.1) is 30.6 Å². The normalized spacial score (nSPS) is 19.4. The molecular formula is C16H20N6O. The van der Waals surface area contributed by atoms with Gasteiger partial charge in [0.15, 0.2) is 0 Å². The number of para-hydroxylation sites is 2. The van der Waals surface area contributed by atoms with Crippen molar-refractivity contribution in [2.24, 2.45) is 0 Å². The van der Waals surface area contributed by atoms with Crippen molar-refractivity contribution in [3.05, 3.63) is 36.9 Å². The molecule has 23 heavy (non-hydrogen) atoms. The Balaban J connectivity index is 1.46. The first-order chi connectivity index (χ1) is 11.4. The van der Waals surface area contributed by atoms with Crippen molar-refractivity contribution in [3.63, 3.8) is 0 Å². The summed E-state index contributed by atoms with van der Waals surface area (Å²) in [5.41, 5.74) is 2.22. The highest BCUT2D eigenvalue weighted by Gasteiger charge is 2.29. The van der Waals surface area contributed by atoms with Gasteiger partial charge in [-0.05, 0) is 12.1 Å². The molecule has 2 saturated heterocycles. The third-order valence-corrected chi connectivity index (χ3v) is 4.44. The number of benzene rings is 1. The van der Waals surface area contributed by atoms with Crippen LogP contribution in [0.1, 0.15) is 0 Å². The van der Waals surface area contributed by atoms with Crippen molar-refractivity contribution in [3.8, 4) is 0 Å². The van der Waals surface area contributed by atoms with E-state index in [9.17, 15) is 0 Å². The lowest BCUT2D eigenvalue weighted by Crippen LogP contribution is -2.56. The molecule has 7 heteroatoms. The van der Waals surface area contributed by atoms with Crippen molar-refractivity contribution in [1.29, 1.82) is 0 Å². The minimum atomic E-state index is 0.567. The molecule has 2 aliphatic rings. The number of nitrogens with one attached hydrogen (secondary N) is 1. The van der Waals surface area contributed by atoms with Gasteiger partial charge < -0.3 is 15.0 Å². The highest BCUT2D eigenvalue weighted by Crippen LogP contribution is 2.28. The Morgan fingerprint density at radius 2 is 1.74 bits per heavy atom. The fourth-order valence-electron chi connectivity index (χ4n) is 3.04. The van der Waals surface area contributed by atoms with Gasteiger partial charge in [-0.3, -0.25) is 4.90 Å². The maximum Gasteiger partial charge on any atom is 0.230 e. The van der Waals surface area contributed by atoms with Gasteiger partial charge in [0.1, 0.15) is 12.7 Å². The van der Waals surface area contributed by atoms with Gasteiger partial charge in [-0.15, -0.1) is 0 Å². The second-order valence-corrected chi connectivity index (χ2v) is 5.82. The summed E-state index contributed by atoms with van der Waals surface area (Å²) in [6.45, 7) is 5.97. The summed E-state index contributed by atoms with van der Waals surface area (Å²) in [6.07, 6.45) is 2.99. The van der Waals surface area contributed by atoms with Crippen LogP contribution in [0.25, 0.3) is 0 Å². The molecule has 1 aromatic heterocycles. The monoisotopic (exact) mass is 312 g/mol. The zero-order valence-corrected chi connectivity index (χ0v) is 12.9. The second-order valence-electron chi connectivity index (χ2n) is 5.82. The number of rotatable bonds is 4. The van der Waals surface area contributed by atoms with Crippen LogP contribution in [-0.2, 0) is 4.74 Å². The van der Waals surface area contributed by atoms with E-state index in [1.807, 2.05) is 6.07 Å². The van der Waals surface area contributed by atoms with Crippen LogP contribution in [0.2, 0.25) is 0 Å². The van der Waals surface area contributed by atoms with E-state index in [4.69, 9.17) is 4.74 Å². The number of hydrogen-bond acceptors (Lipinski definition) is 7. The van der Waals surface area contributed by atoms with Crippen LogP contribution in [0, 0.1) is 0 Å². The molecule has 0 aliphatic carbocycles. The van der Waals surface area contributed by atoms with Crippen molar-refractivity contribution in [1.82, 2.24) is 19.9 Å². The maximum atomic E-state index is 5.30. The third-order valence-electron chi connectivity index (χ3n) is 4.44. The Morgan fingerprint density at radius 1 is 1.00 bits per heavy atom. The number of anilines is 3. The van der Waals surface area contributed by atoms with E-state index in [0.717, 1.165) is 45.1 Å². The lowest BCUT2D eigenvalue weighted by atomic mass is 10.1. The van der Waals surface area contributed by atoms with E-state index in [1.165, 1.54) is 18.3 Å². The Bertz CT molecular complexity index is 640. The van der Waals surface area contributed by atoms with Crippen LogP contribution in [-0.4, -0.2) is 65.3 Å². The average molecular weight is 312 g/mol. The van der Waals surface area contributed by atoms with Gasteiger partial charge >= 0.3 is 0 Å². The molecule has 0 radical (unpaired) electrons. The van der Waals surface area contributed by atoms with Gasteiger partial charge in [-0.2, -0.15) is 0 Å². The molecule has 120 valence electrons. The molecule has 2 aromatic rings. The van der Waals surface area contributed by atoms with Crippen molar-refractivity contribution in [2.45, 2.75) is 6.04 Å². The molecule has 4 rings (SSSR count). The summed E-state index contributed by atoms with van der Waals surface area (Å²) < 4.78 is 5.30. The van der Waals surface area contributed by atoms with E-state index in [-0.39, 0.29) is 0 Å². The summed E-state index contributed by atoms with van der Waals surface area (Å²) in [5, 5.41) is 3.29. The molecule has 0 bridgehead atoms. The fraction of sp³-hybridized carbons (Fsp3) is 0.438. The number of nitrogens with zero attached hydrogens (tertiary/aromatic N) is 5. The molecule has 2 aliphatic heterocycles. The van der Waals surface area contributed by atoms with Gasteiger partial charge in [0, 0.05) is 26.2 Å². The van der Waals surface area contributed by atoms with Crippen LogP contribution in [0.5, 0.6) is 0 Å². The van der Waals surface area contributed by atoms with Gasteiger partial charge in [-0.25, -0.2) is 15.0 Å². The molecule has 2 fully saturated rings. The van der Waals surface area contributed by atoms with E-state index >= 15 is 0 Å². The largest absolute Gasteiger partial charge is 0.378 e. The molecule has 7 nitrogen and oxygen atoms in total. The first-order valence-corrected chi connectivity index (χ1v) is 7.95. The average Bonchev–Trinajstić information content (AvgIpc) is 2.56. The van der Waals surface area contributed by atoms with Crippen molar-refractivity contribution in [2.75, 3.05) is 49.6 Å². The molecule has 0 unspecified atom stereocenters. The molecular weight excluding hydrogens is 292 g/mol. The second kappa shape index (κ2) is 6.47. The molecule has 0 saturated carbocycles. The smallest absolute Gasteiger partial charge is 0.230 e. The Hall–Kier alpha value is -2.25. The quantitative estimate of drug-likeness (QED) is 0.908. The van der Waals surface area contributed by atoms with E-state index in [0.29, 0.717) is 12.0 Å². The summed E-state index contributed by atoms with van der Waals surface area (Å²) >= 11 is 0. The highest BCUT2D eigenvalue weighted by molar-refractivity contribution is 5.73. The van der Waals surface area contributed by atoms with E-state index in [2.05, 4.69) is 48.3 Å². The van der Waals surface area contributed by atoms with Crippen molar-refractivity contribution >= 4 is 17.3 Å². The van der Waals surface area contributed by atoms with E-state index in [1.54, 1.807) is 0 Å². The van der Waals surface area contributed by atoms with Crippen molar-refractivity contribution < 1.29 is 4.74 Å². The SMILES string of the molecule is c1ccc(N2CCN(C3COC3)CC2)c(Nc2ncncn2)c1. The zero-order chi connectivity index (χ0) is 15.5. The zero-order valence-electron chi connectivity index (χ0n) is 12.9. The van der Waals surface area contributed by atoms with Crippen LogP contribution in [0.3, 0.4) is 0 Å². The molecule has 0 atom stereocenters. The Morgan fingerprint density at radius 3 is 2.43 bits per heavy atom. The Kier molecular flexibility index (Phi) is 4.04. The Labute approximate surface area is 135 Å². The number of ether oxygens (including phenoxy) is 1. The summed E-state index contributed by atoms with van der Waals surface area (Å²) in [7, 11) is 0. The predicted molar refractivity (Wildman–Crippen MR) is 87.9 cm³/mol. The molecule has 3 heterocycles. The van der Waals surface area contributed by atoms with Crippen LogP contribution >= 0.6 is 0 Å². The van der Waals surface area contributed by atoms with E-state index < -0.39 is 0 Å². The third kappa shape index (κ3) is 3.11. The number of aromatic nitrogens is 3. The summed E-state index contributed by atoms with van der Waals surface area (Å²) in [5.74, 6) is 0.567. The molecule has 0 spiro atoms.